The van der Waals surface area contributed by atoms with Crippen molar-refractivity contribution in [1.82, 2.24) is 19.5 Å². The van der Waals surface area contributed by atoms with Gasteiger partial charge in [-0.05, 0) is 0 Å². The van der Waals surface area contributed by atoms with Crippen LogP contribution in [0.4, 0.5) is 5.95 Å². The van der Waals surface area contributed by atoms with Gasteiger partial charge in [0, 0.05) is 11.8 Å². The van der Waals surface area contributed by atoms with E-state index in [0.29, 0.717) is 18.7 Å². The van der Waals surface area contributed by atoms with Gasteiger partial charge in [-0.25, -0.2) is 4.98 Å². The van der Waals surface area contributed by atoms with Crippen LogP contribution in [0.2, 0.25) is 0 Å². The summed E-state index contributed by atoms with van der Waals surface area (Å²) in [6, 6.07) is 0. The molecular weight excluding hydrogens is 250 g/mol. The second-order valence-corrected chi connectivity index (χ2v) is 5.21. The minimum Gasteiger partial charge on any atom is -0.396 e. The van der Waals surface area contributed by atoms with Crippen LogP contribution >= 0.6 is 0 Å². The minimum absolute atomic E-state index is 0.0437. The van der Waals surface area contributed by atoms with Gasteiger partial charge in [0.2, 0.25) is 5.95 Å². The zero-order chi connectivity index (χ0) is 13.6. The van der Waals surface area contributed by atoms with Crippen molar-refractivity contribution in [2.45, 2.75) is 19.6 Å². The van der Waals surface area contributed by atoms with Gasteiger partial charge in [-0.2, -0.15) is 4.98 Å². The Labute approximate surface area is 108 Å². The van der Waals surface area contributed by atoms with Gasteiger partial charge in [0.15, 0.2) is 11.2 Å². The van der Waals surface area contributed by atoms with Crippen molar-refractivity contribution in [2.24, 2.45) is 5.41 Å². The number of fused-ring (bicyclic) bond motifs is 1. The fourth-order valence-corrected chi connectivity index (χ4v) is 2.28. The normalized spacial score (nSPS) is 27.2. The number of hydrogen-bond donors (Lipinski definition) is 3. The molecule has 8 nitrogen and oxygen atoms in total. The topological polar surface area (TPSA) is 119 Å². The van der Waals surface area contributed by atoms with Crippen LogP contribution in [-0.4, -0.2) is 37.8 Å². The van der Waals surface area contributed by atoms with Crippen molar-refractivity contribution in [3.05, 3.63) is 16.7 Å². The number of nitrogens with zero attached hydrogens (tertiary/aromatic N) is 3. The first kappa shape index (κ1) is 12.1. The molecule has 0 bridgehead atoms. The third-order valence-corrected chi connectivity index (χ3v) is 3.43. The Balaban J connectivity index is 2.05. The van der Waals surface area contributed by atoms with E-state index in [1.165, 1.54) is 6.33 Å². The summed E-state index contributed by atoms with van der Waals surface area (Å²) in [6.45, 7) is 2.44. The van der Waals surface area contributed by atoms with Crippen molar-refractivity contribution < 1.29 is 9.84 Å². The summed E-state index contributed by atoms with van der Waals surface area (Å²) < 4.78 is 7.34. The number of aromatic amines is 1. The van der Waals surface area contributed by atoms with Gasteiger partial charge in [0.25, 0.3) is 5.56 Å². The fraction of sp³-hybridized carbons (Fsp3) is 0.545. The Bertz CT molecular complexity index is 679. The van der Waals surface area contributed by atoms with Crippen molar-refractivity contribution in [2.75, 3.05) is 18.9 Å². The van der Waals surface area contributed by atoms with Gasteiger partial charge in [0.05, 0.1) is 19.5 Å². The van der Waals surface area contributed by atoms with Crippen LogP contribution in [0, 0.1) is 5.41 Å². The molecule has 19 heavy (non-hydrogen) atoms. The van der Waals surface area contributed by atoms with Crippen LogP contribution in [0.15, 0.2) is 11.1 Å². The van der Waals surface area contributed by atoms with Crippen LogP contribution in [0.5, 0.6) is 0 Å². The summed E-state index contributed by atoms with van der Waals surface area (Å²) in [7, 11) is 0. The number of hydrogen-bond acceptors (Lipinski definition) is 6. The molecule has 0 amide bonds. The molecule has 3 heterocycles. The number of anilines is 1. The Morgan fingerprint density at radius 3 is 3.21 bits per heavy atom. The second kappa shape index (κ2) is 4.04. The largest absolute Gasteiger partial charge is 0.396 e. The van der Waals surface area contributed by atoms with Crippen molar-refractivity contribution in [3.63, 3.8) is 0 Å². The number of nitrogens with one attached hydrogen (secondary N) is 1. The van der Waals surface area contributed by atoms with Crippen LogP contribution in [0.25, 0.3) is 11.2 Å². The van der Waals surface area contributed by atoms with Gasteiger partial charge in [0.1, 0.15) is 6.23 Å². The minimum atomic E-state index is -0.371. The quantitative estimate of drug-likeness (QED) is 0.681. The van der Waals surface area contributed by atoms with Gasteiger partial charge in [-0.15, -0.1) is 0 Å². The lowest BCUT2D eigenvalue weighted by molar-refractivity contribution is 0.0464. The molecule has 2 aromatic rings. The summed E-state index contributed by atoms with van der Waals surface area (Å²) in [5.41, 5.74) is 5.52. The number of ether oxygens (including phenoxy) is 1. The van der Waals surface area contributed by atoms with Crippen molar-refractivity contribution in [3.8, 4) is 0 Å². The van der Waals surface area contributed by atoms with Gasteiger partial charge >= 0.3 is 0 Å². The Hall–Kier alpha value is -1.93. The molecule has 0 unspecified atom stereocenters. The molecule has 3 rings (SSSR count). The predicted molar refractivity (Wildman–Crippen MR) is 67.4 cm³/mol. The maximum atomic E-state index is 11.7. The first-order valence-electron chi connectivity index (χ1n) is 5.97. The molecule has 0 spiro atoms. The number of aromatic nitrogens is 4. The van der Waals surface area contributed by atoms with E-state index >= 15 is 0 Å². The van der Waals surface area contributed by atoms with Gasteiger partial charge in [-0.3, -0.25) is 14.3 Å². The summed E-state index contributed by atoms with van der Waals surface area (Å²) >= 11 is 0. The molecule has 4 N–H and O–H groups in total. The van der Waals surface area contributed by atoms with Gasteiger partial charge in [-0.1, -0.05) is 6.92 Å². The number of H-pyrrole nitrogens is 1. The van der Waals surface area contributed by atoms with Crippen molar-refractivity contribution >= 4 is 17.1 Å². The molecule has 0 saturated carbocycles. The summed E-state index contributed by atoms with van der Waals surface area (Å²) in [5.74, 6) is 0.0437. The van der Waals surface area contributed by atoms with Crippen LogP contribution in [-0.2, 0) is 4.74 Å². The lowest BCUT2D eigenvalue weighted by Crippen LogP contribution is -2.21. The molecule has 2 atom stereocenters. The maximum Gasteiger partial charge on any atom is 0.280 e. The molecule has 102 valence electrons. The molecule has 1 fully saturated rings. The highest BCUT2D eigenvalue weighted by atomic mass is 16.5. The molecule has 1 aliphatic rings. The zero-order valence-electron chi connectivity index (χ0n) is 10.5. The lowest BCUT2D eigenvalue weighted by atomic mass is 9.90. The number of rotatable bonds is 2. The third-order valence-electron chi connectivity index (χ3n) is 3.43. The highest BCUT2D eigenvalue weighted by Crippen LogP contribution is 2.38. The SMILES string of the molecule is C[C@]1(CO)CO[C@H](n2cnc3c(=O)[nH]c(N)nc32)C1. The van der Waals surface area contributed by atoms with E-state index in [2.05, 4.69) is 15.0 Å². The highest BCUT2D eigenvalue weighted by molar-refractivity contribution is 5.70. The smallest absolute Gasteiger partial charge is 0.280 e. The van der Waals surface area contributed by atoms with E-state index in [1.807, 2.05) is 6.92 Å². The van der Waals surface area contributed by atoms with E-state index in [-0.39, 0.29) is 35.3 Å². The number of imidazole rings is 1. The van der Waals surface area contributed by atoms with E-state index in [0.717, 1.165) is 0 Å². The number of nitrogen functional groups attached to an aromatic ring is 1. The highest BCUT2D eigenvalue weighted by Gasteiger charge is 2.37. The Morgan fingerprint density at radius 1 is 1.74 bits per heavy atom. The van der Waals surface area contributed by atoms with E-state index < -0.39 is 0 Å². The first-order valence-corrected chi connectivity index (χ1v) is 5.97. The van der Waals surface area contributed by atoms with E-state index in [1.54, 1.807) is 4.57 Å². The maximum absolute atomic E-state index is 11.7. The number of nitrogens with two attached hydrogens (primary N) is 1. The molecule has 0 radical (unpaired) electrons. The summed E-state index contributed by atoms with van der Waals surface area (Å²) in [5, 5.41) is 9.35. The molecule has 1 saturated heterocycles. The Kier molecular flexibility index (Phi) is 2.58. The fourth-order valence-electron chi connectivity index (χ4n) is 2.28. The predicted octanol–water partition coefficient (Wildman–Crippen LogP) is -0.381. The zero-order valence-corrected chi connectivity index (χ0v) is 10.5. The average Bonchev–Trinajstić information content (AvgIpc) is 2.94. The van der Waals surface area contributed by atoms with Crippen LogP contribution < -0.4 is 11.3 Å². The molecule has 2 aromatic heterocycles. The standard InChI is InChI=1S/C11H15N5O3/c1-11(3-17)2-6(19-4-11)16-5-13-7-8(16)14-10(12)15-9(7)18/h5-6,17H,2-4H2,1H3,(H3,12,14,15,18)/t6-,11-/m0/s1. The third kappa shape index (κ3) is 1.89. The molecule has 0 aromatic carbocycles. The molecule has 1 aliphatic heterocycles. The van der Waals surface area contributed by atoms with Crippen molar-refractivity contribution in [1.29, 1.82) is 0 Å². The Morgan fingerprint density at radius 2 is 2.53 bits per heavy atom. The summed E-state index contributed by atoms with van der Waals surface area (Å²) in [6.07, 6.45) is 1.85. The molecule has 8 heteroatoms. The van der Waals surface area contributed by atoms with Gasteiger partial charge < -0.3 is 15.6 Å². The van der Waals surface area contributed by atoms with Crippen LogP contribution in [0.1, 0.15) is 19.6 Å². The monoisotopic (exact) mass is 265 g/mol. The first-order chi connectivity index (χ1) is 9.02. The molecule has 0 aliphatic carbocycles. The molecular formula is C11H15N5O3. The number of aliphatic hydroxyl groups is 1. The lowest BCUT2D eigenvalue weighted by Gasteiger charge is -2.17. The van der Waals surface area contributed by atoms with E-state index in [9.17, 15) is 9.90 Å². The van der Waals surface area contributed by atoms with E-state index in [4.69, 9.17) is 10.5 Å². The second-order valence-electron chi connectivity index (χ2n) is 5.21. The number of aliphatic hydroxyl groups excluding tert-OH is 1. The van der Waals surface area contributed by atoms with Crippen LogP contribution in [0.3, 0.4) is 0 Å². The average molecular weight is 265 g/mol. The summed E-state index contributed by atoms with van der Waals surface area (Å²) in [4.78, 5) is 22.2.